The standard InChI is InChI=1S/C16H23ClN2O/c17-12-7-8-15(13(18)11-12)20-16-6-2-1-5-14(16)19-9-3-4-10-19/h7-8,11,14,16H,1-6,9-10,18H2. The lowest BCUT2D eigenvalue weighted by molar-refractivity contribution is 0.0491. The van der Waals surface area contributed by atoms with Crippen molar-refractivity contribution < 1.29 is 4.74 Å². The van der Waals surface area contributed by atoms with E-state index in [0.717, 1.165) is 12.2 Å². The highest BCUT2D eigenvalue weighted by molar-refractivity contribution is 6.30. The average Bonchev–Trinajstić information content (AvgIpc) is 2.96. The third-order valence-corrected chi connectivity index (χ3v) is 4.76. The van der Waals surface area contributed by atoms with E-state index in [2.05, 4.69) is 4.90 Å². The predicted octanol–water partition coefficient (Wildman–Crippen LogP) is 3.71. The minimum Gasteiger partial charge on any atom is -0.487 e. The molecule has 1 saturated heterocycles. The van der Waals surface area contributed by atoms with E-state index in [4.69, 9.17) is 22.1 Å². The van der Waals surface area contributed by atoms with Gasteiger partial charge in [0.2, 0.25) is 0 Å². The maximum absolute atomic E-state index is 6.24. The minimum atomic E-state index is 0.269. The molecule has 0 amide bonds. The van der Waals surface area contributed by atoms with Crippen molar-refractivity contribution in [2.75, 3.05) is 18.8 Å². The van der Waals surface area contributed by atoms with Gasteiger partial charge in [-0.3, -0.25) is 4.90 Å². The second kappa shape index (κ2) is 6.23. The quantitative estimate of drug-likeness (QED) is 0.864. The van der Waals surface area contributed by atoms with Gasteiger partial charge in [0.25, 0.3) is 0 Å². The van der Waals surface area contributed by atoms with E-state index in [1.165, 1.54) is 45.2 Å². The van der Waals surface area contributed by atoms with Crippen molar-refractivity contribution in [3.05, 3.63) is 23.2 Å². The Bertz CT molecular complexity index is 460. The second-order valence-electron chi connectivity index (χ2n) is 5.93. The molecule has 20 heavy (non-hydrogen) atoms. The number of nitrogens with zero attached hydrogens (tertiary/aromatic N) is 1. The van der Waals surface area contributed by atoms with E-state index in [9.17, 15) is 0 Å². The van der Waals surface area contributed by atoms with Crippen molar-refractivity contribution in [3.8, 4) is 5.75 Å². The van der Waals surface area contributed by atoms with Crippen LogP contribution in [0.2, 0.25) is 5.02 Å². The van der Waals surface area contributed by atoms with E-state index in [1.54, 1.807) is 6.07 Å². The zero-order chi connectivity index (χ0) is 13.9. The number of nitrogen functional groups attached to an aromatic ring is 1. The summed E-state index contributed by atoms with van der Waals surface area (Å²) < 4.78 is 6.24. The van der Waals surface area contributed by atoms with Crippen LogP contribution in [0.15, 0.2) is 18.2 Å². The lowest BCUT2D eigenvalue weighted by Crippen LogP contribution is -2.46. The molecule has 0 spiro atoms. The van der Waals surface area contributed by atoms with Gasteiger partial charge in [0.1, 0.15) is 11.9 Å². The van der Waals surface area contributed by atoms with Crippen molar-refractivity contribution >= 4 is 17.3 Å². The van der Waals surface area contributed by atoms with Crippen LogP contribution in [0.4, 0.5) is 5.69 Å². The van der Waals surface area contributed by atoms with Gasteiger partial charge in [-0.15, -0.1) is 0 Å². The fourth-order valence-corrected chi connectivity index (χ4v) is 3.68. The maximum atomic E-state index is 6.24. The Labute approximate surface area is 126 Å². The van der Waals surface area contributed by atoms with Gasteiger partial charge in [-0.25, -0.2) is 0 Å². The molecule has 1 aliphatic heterocycles. The summed E-state index contributed by atoms with van der Waals surface area (Å²) in [5.41, 5.74) is 6.66. The van der Waals surface area contributed by atoms with Crippen molar-refractivity contribution in [3.63, 3.8) is 0 Å². The normalized spacial score (nSPS) is 27.6. The monoisotopic (exact) mass is 294 g/mol. The van der Waals surface area contributed by atoms with Crippen LogP contribution >= 0.6 is 11.6 Å². The number of halogens is 1. The molecule has 2 N–H and O–H groups in total. The van der Waals surface area contributed by atoms with Gasteiger partial charge in [0.15, 0.2) is 0 Å². The number of benzene rings is 1. The third kappa shape index (κ3) is 3.04. The molecule has 1 aromatic rings. The van der Waals surface area contributed by atoms with Gasteiger partial charge < -0.3 is 10.5 Å². The minimum absolute atomic E-state index is 0.269. The number of hydrogen-bond acceptors (Lipinski definition) is 3. The van der Waals surface area contributed by atoms with Crippen LogP contribution in [0, 0.1) is 0 Å². The van der Waals surface area contributed by atoms with Gasteiger partial charge in [0.05, 0.1) is 5.69 Å². The van der Waals surface area contributed by atoms with Crippen molar-refractivity contribution in [1.82, 2.24) is 4.90 Å². The number of anilines is 1. The molecular weight excluding hydrogens is 272 g/mol. The van der Waals surface area contributed by atoms with Crippen LogP contribution in [-0.4, -0.2) is 30.1 Å². The Morgan fingerprint density at radius 3 is 2.60 bits per heavy atom. The average molecular weight is 295 g/mol. The number of likely N-dealkylation sites (tertiary alicyclic amines) is 1. The number of ether oxygens (including phenoxy) is 1. The van der Waals surface area contributed by atoms with Crippen LogP contribution in [0.3, 0.4) is 0 Å². The topological polar surface area (TPSA) is 38.5 Å². The van der Waals surface area contributed by atoms with E-state index in [1.807, 2.05) is 12.1 Å². The molecule has 2 unspecified atom stereocenters. The molecular formula is C16H23ClN2O. The van der Waals surface area contributed by atoms with E-state index < -0.39 is 0 Å². The lowest BCUT2D eigenvalue weighted by atomic mass is 9.91. The van der Waals surface area contributed by atoms with Crippen LogP contribution in [0.5, 0.6) is 5.75 Å². The van der Waals surface area contributed by atoms with Gasteiger partial charge in [0, 0.05) is 11.1 Å². The van der Waals surface area contributed by atoms with Crippen molar-refractivity contribution in [2.24, 2.45) is 0 Å². The second-order valence-corrected chi connectivity index (χ2v) is 6.37. The zero-order valence-electron chi connectivity index (χ0n) is 11.9. The fraction of sp³-hybridized carbons (Fsp3) is 0.625. The molecule has 0 bridgehead atoms. The summed E-state index contributed by atoms with van der Waals surface area (Å²) in [5, 5.41) is 0.662. The molecule has 0 aromatic heterocycles. The predicted molar refractivity (Wildman–Crippen MR) is 83.3 cm³/mol. The van der Waals surface area contributed by atoms with E-state index >= 15 is 0 Å². The summed E-state index contributed by atoms with van der Waals surface area (Å²) in [5.74, 6) is 0.783. The van der Waals surface area contributed by atoms with Gasteiger partial charge in [-0.05, 0) is 63.4 Å². The Morgan fingerprint density at radius 2 is 1.85 bits per heavy atom. The highest BCUT2D eigenvalue weighted by Crippen LogP contribution is 2.32. The first-order valence-corrected chi connectivity index (χ1v) is 8.07. The summed E-state index contributed by atoms with van der Waals surface area (Å²) in [6.07, 6.45) is 7.87. The molecule has 1 saturated carbocycles. The molecule has 110 valence electrons. The zero-order valence-corrected chi connectivity index (χ0v) is 12.6. The first-order valence-electron chi connectivity index (χ1n) is 7.70. The van der Waals surface area contributed by atoms with Crippen molar-refractivity contribution in [1.29, 1.82) is 0 Å². The number of nitrogens with two attached hydrogens (primary N) is 1. The Morgan fingerprint density at radius 1 is 1.10 bits per heavy atom. The molecule has 2 aliphatic rings. The summed E-state index contributed by atoms with van der Waals surface area (Å²) in [7, 11) is 0. The number of hydrogen-bond donors (Lipinski definition) is 1. The first kappa shape index (κ1) is 14.0. The summed E-state index contributed by atoms with van der Waals surface area (Å²) in [6, 6.07) is 6.07. The van der Waals surface area contributed by atoms with E-state index in [-0.39, 0.29) is 6.10 Å². The van der Waals surface area contributed by atoms with Crippen molar-refractivity contribution in [2.45, 2.75) is 50.7 Å². The molecule has 0 radical (unpaired) electrons. The van der Waals surface area contributed by atoms with Gasteiger partial charge in [-0.2, -0.15) is 0 Å². The molecule has 3 rings (SSSR count). The molecule has 4 heteroatoms. The van der Waals surface area contributed by atoms with Crippen LogP contribution < -0.4 is 10.5 Å². The molecule has 3 nitrogen and oxygen atoms in total. The fourth-order valence-electron chi connectivity index (χ4n) is 3.50. The van der Waals surface area contributed by atoms with Crippen LogP contribution in [-0.2, 0) is 0 Å². The smallest absolute Gasteiger partial charge is 0.142 e. The Balaban J connectivity index is 1.72. The SMILES string of the molecule is Nc1cc(Cl)ccc1OC1CCCCC1N1CCCC1. The van der Waals surface area contributed by atoms with Crippen LogP contribution in [0.1, 0.15) is 38.5 Å². The molecule has 2 fully saturated rings. The molecule has 1 aliphatic carbocycles. The first-order chi connectivity index (χ1) is 9.74. The highest BCUT2D eigenvalue weighted by atomic mass is 35.5. The lowest BCUT2D eigenvalue weighted by Gasteiger charge is -2.38. The number of rotatable bonds is 3. The summed E-state index contributed by atoms with van der Waals surface area (Å²) >= 11 is 5.95. The Hall–Kier alpha value is -0.930. The summed E-state index contributed by atoms with van der Waals surface area (Å²) in [6.45, 7) is 2.45. The molecule has 2 atom stereocenters. The third-order valence-electron chi connectivity index (χ3n) is 4.53. The maximum Gasteiger partial charge on any atom is 0.142 e. The van der Waals surface area contributed by atoms with E-state index in [0.29, 0.717) is 16.8 Å². The summed E-state index contributed by atoms with van der Waals surface area (Å²) in [4.78, 5) is 2.61. The molecule has 1 aromatic carbocycles. The highest BCUT2D eigenvalue weighted by Gasteiger charge is 2.33. The van der Waals surface area contributed by atoms with Crippen LogP contribution in [0.25, 0.3) is 0 Å². The van der Waals surface area contributed by atoms with Gasteiger partial charge >= 0.3 is 0 Å². The largest absolute Gasteiger partial charge is 0.487 e. The molecule has 1 heterocycles. The van der Waals surface area contributed by atoms with Gasteiger partial charge in [-0.1, -0.05) is 18.0 Å². The Kier molecular flexibility index (Phi) is 4.37.